The molecule has 0 bridgehead atoms. The first-order valence-corrected chi connectivity index (χ1v) is 9.83. The molecule has 7 nitrogen and oxygen atoms in total. The maximum atomic E-state index is 13.3. The minimum atomic E-state index is -3.53. The Balaban J connectivity index is 1.63. The van der Waals surface area contributed by atoms with Crippen LogP contribution >= 0.6 is 0 Å². The number of nitrogens with zero attached hydrogens (tertiary/aromatic N) is 4. The number of hydrogen-bond acceptors (Lipinski definition) is 6. The molecule has 2 aromatic rings. The van der Waals surface area contributed by atoms with Crippen molar-refractivity contribution in [2.75, 3.05) is 32.1 Å². The van der Waals surface area contributed by atoms with Crippen molar-refractivity contribution in [3.05, 3.63) is 48.0 Å². The van der Waals surface area contributed by atoms with Gasteiger partial charge >= 0.3 is 0 Å². The predicted octanol–water partition coefficient (Wildman–Crippen LogP) is 1.66. The Morgan fingerprint density at radius 3 is 2.88 bits per heavy atom. The smallest absolute Gasteiger partial charge is 0.234 e. The van der Waals surface area contributed by atoms with E-state index < -0.39 is 15.8 Å². The Labute approximate surface area is 152 Å². The molecule has 0 radical (unpaired) electrons. The third kappa shape index (κ3) is 4.47. The highest BCUT2D eigenvalue weighted by atomic mass is 32.2. The van der Waals surface area contributed by atoms with Gasteiger partial charge in [0.25, 0.3) is 0 Å². The first-order valence-electron chi connectivity index (χ1n) is 8.22. The van der Waals surface area contributed by atoms with Crippen molar-refractivity contribution >= 4 is 15.8 Å². The molecule has 1 aromatic carbocycles. The van der Waals surface area contributed by atoms with Gasteiger partial charge in [0.1, 0.15) is 11.9 Å². The van der Waals surface area contributed by atoms with Crippen molar-refractivity contribution in [3.63, 3.8) is 0 Å². The van der Waals surface area contributed by atoms with Crippen LogP contribution in [0.1, 0.15) is 12.0 Å². The summed E-state index contributed by atoms with van der Waals surface area (Å²) < 4.78 is 45.6. The monoisotopic (exact) mass is 380 g/mol. The zero-order valence-electron chi connectivity index (χ0n) is 14.7. The molecule has 140 valence electrons. The maximum absolute atomic E-state index is 13.3. The highest BCUT2D eigenvalue weighted by Gasteiger charge is 2.33. The number of ether oxygens (including phenoxy) is 1. The molecule has 0 aliphatic carbocycles. The molecule has 9 heteroatoms. The SMILES string of the molecule is CN(C)c1cncc(OC2CCN(S(=O)(=O)Cc3cccc(F)c3)C2)n1. The molecule has 3 rings (SSSR count). The molecule has 0 N–H and O–H groups in total. The molecule has 0 spiro atoms. The summed E-state index contributed by atoms with van der Waals surface area (Å²) in [4.78, 5) is 10.2. The lowest BCUT2D eigenvalue weighted by Crippen LogP contribution is -2.32. The minimum Gasteiger partial charge on any atom is -0.472 e. The fourth-order valence-electron chi connectivity index (χ4n) is 2.76. The highest BCUT2D eigenvalue weighted by molar-refractivity contribution is 7.88. The lowest BCUT2D eigenvalue weighted by atomic mass is 10.2. The van der Waals surface area contributed by atoms with Crippen LogP contribution < -0.4 is 9.64 Å². The largest absolute Gasteiger partial charge is 0.472 e. The Morgan fingerprint density at radius 2 is 2.15 bits per heavy atom. The maximum Gasteiger partial charge on any atom is 0.234 e. The zero-order chi connectivity index (χ0) is 18.7. The predicted molar refractivity (Wildman–Crippen MR) is 96.0 cm³/mol. The number of hydrogen-bond donors (Lipinski definition) is 0. The molecule has 1 fully saturated rings. The number of anilines is 1. The Bertz CT molecular complexity index is 876. The van der Waals surface area contributed by atoms with Gasteiger partial charge in [-0.15, -0.1) is 0 Å². The normalized spacial score (nSPS) is 18.0. The van der Waals surface area contributed by atoms with Crippen molar-refractivity contribution in [1.82, 2.24) is 14.3 Å². The van der Waals surface area contributed by atoms with Crippen LogP contribution in [0.2, 0.25) is 0 Å². The van der Waals surface area contributed by atoms with Crippen LogP contribution in [0.5, 0.6) is 5.88 Å². The van der Waals surface area contributed by atoms with E-state index in [1.165, 1.54) is 28.7 Å². The van der Waals surface area contributed by atoms with Gasteiger partial charge in [0.15, 0.2) is 5.82 Å². The van der Waals surface area contributed by atoms with E-state index in [9.17, 15) is 12.8 Å². The zero-order valence-corrected chi connectivity index (χ0v) is 15.5. The highest BCUT2D eigenvalue weighted by Crippen LogP contribution is 2.22. The van der Waals surface area contributed by atoms with Crippen molar-refractivity contribution in [1.29, 1.82) is 0 Å². The molecule has 0 amide bonds. The van der Waals surface area contributed by atoms with Gasteiger partial charge in [-0.25, -0.2) is 12.8 Å². The van der Waals surface area contributed by atoms with Gasteiger partial charge in [0.05, 0.1) is 24.7 Å². The number of aromatic nitrogens is 2. The molecule has 1 saturated heterocycles. The van der Waals surface area contributed by atoms with Gasteiger partial charge in [0, 0.05) is 20.6 Å². The van der Waals surface area contributed by atoms with Gasteiger partial charge in [-0.2, -0.15) is 9.29 Å². The van der Waals surface area contributed by atoms with Crippen LogP contribution in [-0.4, -0.2) is 56.0 Å². The molecule has 1 unspecified atom stereocenters. The molecule has 0 saturated carbocycles. The average Bonchev–Trinajstić information content (AvgIpc) is 3.04. The van der Waals surface area contributed by atoms with Crippen LogP contribution in [0.15, 0.2) is 36.7 Å². The summed E-state index contributed by atoms with van der Waals surface area (Å²) in [6, 6.07) is 5.64. The summed E-state index contributed by atoms with van der Waals surface area (Å²) in [6.45, 7) is 0.606. The number of sulfonamides is 1. The Hall–Kier alpha value is -2.26. The van der Waals surface area contributed by atoms with E-state index in [-0.39, 0.29) is 18.4 Å². The topological polar surface area (TPSA) is 75.6 Å². The van der Waals surface area contributed by atoms with Gasteiger partial charge in [-0.3, -0.25) is 4.98 Å². The van der Waals surface area contributed by atoms with Crippen molar-refractivity contribution in [3.8, 4) is 5.88 Å². The molecule has 1 atom stereocenters. The van der Waals surface area contributed by atoms with E-state index in [2.05, 4.69) is 9.97 Å². The van der Waals surface area contributed by atoms with Crippen LogP contribution in [-0.2, 0) is 15.8 Å². The average molecular weight is 380 g/mol. The number of halogens is 1. The van der Waals surface area contributed by atoms with Crippen LogP contribution in [0.25, 0.3) is 0 Å². The Kier molecular flexibility index (Phi) is 5.38. The second-order valence-corrected chi connectivity index (χ2v) is 8.35. The first-order chi connectivity index (χ1) is 12.3. The van der Waals surface area contributed by atoms with Crippen LogP contribution in [0.4, 0.5) is 10.2 Å². The molecule has 1 aliphatic rings. The molecule has 2 heterocycles. The van der Waals surface area contributed by atoms with E-state index >= 15 is 0 Å². The molecular weight excluding hydrogens is 359 g/mol. The van der Waals surface area contributed by atoms with Crippen molar-refractivity contribution in [2.45, 2.75) is 18.3 Å². The Morgan fingerprint density at radius 1 is 1.35 bits per heavy atom. The summed E-state index contributed by atoms with van der Waals surface area (Å²) in [5.41, 5.74) is 0.430. The van der Waals surface area contributed by atoms with Crippen molar-refractivity contribution < 1.29 is 17.5 Å². The van der Waals surface area contributed by atoms with Gasteiger partial charge in [-0.05, 0) is 24.1 Å². The summed E-state index contributed by atoms with van der Waals surface area (Å²) in [7, 11) is 0.168. The summed E-state index contributed by atoms with van der Waals surface area (Å²) in [5.74, 6) is 0.356. The fourth-order valence-corrected chi connectivity index (χ4v) is 4.32. The third-order valence-corrected chi connectivity index (χ3v) is 5.90. The second kappa shape index (κ2) is 7.55. The van der Waals surface area contributed by atoms with Crippen molar-refractivity contribution in [2.24, 2.45) is 0 Å². The van der Waals surface area contributed by atoms with Crippen LogP contribution in [0, 0.1) is 5.82 Å². The summed E-state index contributed by atoms with van der Waals surface area (Å²) in [6.07, 6.45) is 3.41. The number of rotatable bonds is 6. The quantitative estimate of drug-likeness (QED) is 0.759. The number of benzene rings is 1. The lowest BCUT2D eigenvalue weighted by Gasteiger charge is -2.17. The van der Waals surface area contributed by atoms with E-state index in [1.807, 2.05) is 19.0 Å². The third-order valence-electron chi connectivity index (χ3n) is 4.08. The van der Waals surface area contributed by atoms with E-state index in [0.29, 0.717) is 30.2 Å². The second-order valence-electron chi connectivity index (χ2n) is 6.38. The first kappa shape index (κ1) is 18.5. The molecule has 1 aromatic heterocycles. The fraction of sp³-hybridized carbons (Fsp3) is 0.412. The lowest BCUT2D eigenvalue weighted by molar-refractivity contribution is 0.206. The van der Waals surface area contributed by atoms with Gasteiger partial charge in [-0.1, -0.05) is 12.1 Å². The van der Waals surface area contributed by atoms with E-state index in [0.717, 1.165) is 0 Å². The van der Waals surface area contributed by atoms with Gasteiger partial charge < -0.3 is 9.64 Å². The van der Waals surface area contributed by atoms with Crippen LogP contribution in [0.3, 0.4) is 0 Å². The standard InChI is InChI=1S/C17H21FN4O3S/c1-21(2)16-9-19-10-17(20-16)25-15-6-7-22(11-15)26(23,24)12-13-4-3-5-14(18)8-13/h3-5,8-10,15H,6-7,11-12H2,1-2H3. The molecule has 1 aliphatic heterocycles. The summed E-state index contributed by atoms with van der Waals surface area (Å²) >= 11 is 0. The van der Waals surface area contributed by atoms with E-state index in [1.54, 1.807) is 12.3 Å². The van der Waals surface area contributed by atoms with E-state index in [4.69, 9.17) is 4.74 Å². The molecule has 26 heavy (non-hydrogen) atoms. The summed E-state index contributed by atoms with van der Waals surface area (Å²) in [5, 5.41) is 0. The van der Waals surface area contributed by atoms with Gasteiger partial charge in [0.2, 0.25) is 15.9 Å². The molecular formula is C17H21FN4O3S. The minimum absolute atomic E-state index is 0.229.